The Morgan fingerprint density at radius 2 is 1.54 bits per heavy atom. The van der Waals surface area contributed by atoms with Crippen LogP contribution in [0.1, 0.15) is 11.1 Å². The summed E-state index contributed by atoms with van der Waals surface area (Å²) < 4.78 is 0. The second kappa shape index (κ2) is 9.03. The van der Waals surface area contributed by atoms with Crippen LogP contribution < -0.4 is 10.6 Å². The van der Waals surface area contributed by atoms with Crippen LogP contribution in [0.5, 0.6) is 0 Å². The standard InChI is InChI=1S/C19H21Cl2N3O2/c1-12-8-13(2)19(16(21)9-12)23-18(26)11-24(3)10-17(25)22-15-6-4-14(20)5-7-15/h4-9H,10-11H2,1-3H3,(H,22,25)(H,23,26). The number of likely N-dealkylation sites (N-methyl/N-ethyl adjacent to an activating group) is 1. The Balaban J connectivity index is 1.87. The first kappa shape index (κ1) is 20.2. The predicted molar refractivity (Wildman–Crippen MR) is 107 cm³/mol. The Labute approximate surface area is 163 Å². The lowest BCUT2D eigenvalue weighted by Crippen LogP contribution is -2.36. The lowest BCUT2D eigenvalue weighted by molar-refractivity contribution is -0.119. The molecule has 0 unspecified atom stereocenters. The van der Waals surface area contributed by atoms with Crippen LogP contribution in [0.15, 0.2) is 36.4 Å². The molecule has 0 heterocycles. The molecule has 0 atom stereocenters. The highest BCUT2D eigenvalue weighted by atomic mass is 35.5. The van der Waals surface area contributed by atoms with E-state index in [1.54, 1.807) is 42.3 Å². The third-order valence-electron chi connectivity index (χ3n) is 3.65. The zero-order valence-electron chi connectivity index (χ0n) is 14.9. The van der Waals surface area contributed by atoms with E-state index in [0.717, 1.165) is 11.1 Å². The van der Waals surface area contributed by atoms with Crippen molar-refractivity contribution in [2.45, 2.75) is 13.8 Å². The van der Waals surface area contributed by atoms with E-state index in [0.29, 0.717) is 21.4 Å². The number of amides is 2. The maximum absolute atomic E-state index is 12.2. The Morgan fingerprint density at radius 3 is 2.12 bits per heavy atom. The molecule has 0 fully saturated rings. The summed E-state index contributed by atoms with van der Waals surface area (Å²) >= 11 is 12.0. The van der Waals surface area contributed by atoms with Crippen molar-refractivity contribution in [2.24, 2.45) is 0 Å². The molecule has 0 aromatic heterocycles. The number of carbonyl (C=O) groups excluding carboxylic acids is 2. The average Bonchev–Trinajstić information content (AvgIpc) is 2.52. The van der Waals surface area contributed by atoms with Crippen molar-refractivity contribution in [1.82, 2.24) is 4.90 Å². The number of aryl methyl sites for hydroxylation is 2. The zero-order chi connectivity index (χ0) is 19.3. The van der Waals surface area contributed by atoms with Gasteiger partial charge in [0.1, 0.15) is 0 Å². The molecule has 7 heteroatoms. The summed E-state index contributed by atoms with van der Waals surface area (Å²) in [4.78, 5) is 25.9. The van der Waals surface area contributed by atoms with Crippen LogP contribution in [-0.2, 0) is 9.59 Å². The SMILES string of the molecule is Cc1cc(C)c(NC(=O)CN(C)CC(=O)Nc2ccc(Cl)cc2)c(Cl)c1. The number of hydrogen-bond acceptors (Lipinski definition) is 3. The van der Waals surface area contributed by atoms with Crippen LogP contribution in [0.25, 0.3) is 0 Å². The molecule has 0 aliphatic heterocycles. The maximum Gasteiger partial charge on any atom is 0.238 e. The summed E-state index contributed by atoms with van der Waals surface area (Å²) in [5.41, 5.74) is 3.17. The van der Waals surface area contributed by atoms with Crippen molar-refractivity contribution in [2.75, 3.05) is 30.8 Å². The van der Waals surface area contributed by atoms with Crippen molar-refractivity contribution < 1.29 is 9.59 Å². The summed E-state index contributed by atoms with van der Waals surface area (Å²) in [6.07, 6.45) is 0. The Bertz CT molecular complexity index is 784. The fourth-order valence-corrected chi connectivity index (χ4v) is 3.03. The van der Waals surface area contributed by atoms with E-state index < -0.39 is 0 Å². The number of halogens is 2. The number of carbonyl (C=O) groups is 2. The van der Waals surface area contributed by atoms with Gasteiger partial charge in [-0.3, -0.25) is 14.5 Å². The van der Waals surface area contributed by atoms with Crippen LogP contribution >= 0.6 is 23.2 Å². The highest BCUT2D eigenvalue weighted by Gasteiger charge is 2.14. The molecule has 0 radical (unpaired) electrons. The molecule has 2 aromatic carbocycles. The number of hydrogen-bond donors (Lipinski definition) is 2. The summed E-state index contributed by atoms with van der Waals surface area (Å²) in [6.45, 7) is 3.98. The number of nitrogens with zero attached hydrogens (tertiary/aromatic N) is 1. The molecule has 0 aliphatic carbocycles. The highest BCUT2D eigenvalue weighted by molar-refractivity contribution is 6.34. The van der Waals surface area contributed by atoms with E-state index in [1.165, 1.54) is 0 Å². The average molecular weight is 394 g/mol. The molecule has 2 aromatic rings. The minimum atomic E-state index is -0.236. The van der Waals surface area contributed by atoms with E-state index in [-0.39, 0.29) is 24.9 Å². The van der Waals surface area contributed by atoms with Crippen LogP contribution in [0, 0.1) is 13.8 Å². The van der Waals surface area contributed by atoms with E-state index in [9.17, 15) is 9.59 Å². The van der Waals surface area contributed by atoms with Gasteiger partial charge < -0.3 is 10.6 Å². The van der Waals surface area contributed by atoms with Crippen molar-refractivity contribution >= 4 is 46.4 Å². The highest BCUT2D eigenvalue weighted by Crippen LogP contribution is 2.27. The molecule has 26 heavy (non-hydrogen) atoms. The predicted octanol–water partition coefficient (Wildman–Crippen LogP) is 4.12. The molecule has 0 saturated carbocycles. The summed E-state index contributed by atoms with van der Waals surface area (Å²) in [5.74, 6) is -0.451. The molecule has 0 bridgehead atoms. The lowest BCUT2D eigenvalue weighted by Gasteiger charge is -2.17. The second-order valence-electron chi connectivity index (χ2n) is 6.21. The fourth-order valence-electron chi connectivity index (χ4n) is 2.53. The first-order valence-corrected chi connectivity index (χ1v) is 8.80. The van der Waals surface area contributed by atoms with Crippen molar-refractivity contribution in [3.63, 3.8) is 0 Å². The summed E-state index contributed by atoms with van der Waals surface area (Å²) in [6, 6.07) is 10.6. The largest absolute Gasteiger partial charge is 0.325 e. The molecule has 2 N–H and O–H groups in total. The number of rotatable bonds is 6. The Morgan fingerprint density at radius 1 is 0.962 bits per heavy atom. The van der Waals surface area contributed by atoms with Crippen molar-refractivity contribution in [3.05, 3.63) is 57.6 Å². The minimum absolute atomic E-state index is 0.0671. The van der Waals surface area contributed by atoms with Gasteiger partial charge in [0.25, 0.3) is 0 Å². The Hall–Kier alpha value is -2.08. The van der Waals surface area contributed by atoms with Gasteiger partial charge in [-0.2, -0.15) is 0 Å². The van der Waals surface area contributed by atoms with E-state index in [2.05, 4.69) is 10.6 Å². The molecule has 0 saturated heterocycles. The molecule has 138 valence electrons. The molecular weight excluding hydrogens is 373 g/mol. The molecule has 5 nitrogen and oxygen atoms in total. The topological polar surface area (TPSA) is 61.4 Å². The number of nitrogens with one attached hydrogen (secondary N) is 2. The van der Waals surface area contributed by atoms with E-state index >= 15 is 0 Å². The summed E-state index contributed by atoms with van der Waals surface area (Å²) in [7, 11) is 1.70. The van der Waals surface area contributed by atoms with Gasteiger partial charge in [-0.15, -0.1) is 0 Å². The first-order chi connectivity index (χ1) is 12.2. The normalized spacial score (nSPS) is 10.7. The zero-order valence-corrected chi connectivity index (χ0v) is 16.4. The van der Waals surface area contributed by atoms with Gasteiger partial charge in [-0.05, 0) is 62.4 Å². The van der Waals surface area contributed by atoms with Crippen molar-refractivity contribution in [3.8, 4) is 0 Å². The Kier molecular flexibility index (Phi) is 7.03. The van der Waals surface area contributed by atoms with Crippen LogP contribution in [0.3, 0.4) is 0 Å². The van der Waals surface area contributed by atoms with Gasteiger partial charge in [0.2, 0.25) is 11.8 Å². The lowest BCUT2D eigenvalue weighted by atomic mass is 10.1. The quantitative estimate of drug-likeness (QED) is 0.775. The molecular formula is C19H21Cl2N3O2. The first-order valence-electron chi connectivity index (χ1n) is 8.05. The summed E-state index contributed by atoms with van der Waals surface area (Å²) in [5, 5.41) is 6.66. The maximum atomic E-state index is 12.2. The van der Waals surface area contributed by atoms with E-state index in [1.807, 2.05) is 19.9 Å². The van der Waals surface area contributed by atoms with Crippen molar-refractivity contribution in [1.29, 1.82) is 0 Å². The third-order valence-corrected chi connectivity index (χ3v) is 4.20. The minimum Gasteiger partial charge on any atom is -0.325 e. The van der Waals surface area contributed by atoms with Crippen LogP contribution in [-0.4, -0.2) is 36.9 Å². The van der Waals surface area contributed by atoms with Crippen LogP contribution in [0.4, 0.5) is 11.4 Å². The second-order valence-corrected chi connectivity index (χ2v) is 7.06. The molecule has 2 amide bonds. The van der Waals surface area contributed by atoms with Gasteiger partial charge in [-0.25, -0.2) is 0 Å². The number of anilines is 2. The van der Waals surface area contributed by atoms with Gasteiger partial charge in [-0.1, -0.05) is 29.3 Å². The number of benzene rings is 2. The van der Waals surface area contributed by atoms with Gasteiger partial charge >= 0.3 is 0 Å². The third kappa shape index (κ3) is 6.02. The van der Waals surface area contributed by atoms with Crippen LogP contribution in [0.2, 0.25) is 10.0 Å². The molecule has 2 rings (SSSR count). The molecule has 0 aliphatic rings. The smallest absolute Gasteiger partial charge is 0.238 e. The molecule has 0 spiro atoms. The van der Waals surface area contributed by atoms with E-state index in [4.69, 9.17) is 23.2 Å². The van der Waals surface area contributed by atoms with Gasteiger partial charge in [0, 0.05) is 10.7 Å². The van der Waals surface area contributed by atoms with Gasteiger partial charge in [0.15, 0.2) is 0 Å². The monoisotopic (exact) mass is 393 g/mol. The van der Waals surface area contributed by atoms with Gasteiger partial charge in [0.05, 0.1) is 23.8 Å². The fraction of sp³-hybridized carbons (Fsp3) is 0.263.